The zero-order valence-electron chi connectivity index (χ0n) is 12.0. The fourth-order valence-corrected chi connectivity index (χ4v) is 2.25. The van der Waals surface area contributed by atoms with Crippen LogP contribution in [0.15, 0.2) is 42.5 Å². The summed E-state index contributed by atoms with van der Waals surface area (Å²) in [5.74, 6) is 2.34. The summed E-state index contributed by atoms with van der Waals surface area (Å²) >= 11 is 0. The molecule has 0 spiro atoms. The van der Waals surface area contributed by atoms with Crippen LogP contribution in [0.5, 0.6) is 11.5 Å². The Balaban J connectivity index is 1.85. The normalized spacial score (nSPS) is 10.8. The average molecular weight is 283 g/mol. The predicted octanol–water partition coefficient (Wildman–Crippen LogP) is 2.74. The lowest BCUT2D eigenvalue weighted by Gasteiger charge is -2.07. The van der Waals surface area contributed by atoms with Gasteiger partial charge in [0.1, 0.15) is 29.4 Å². The molecule has 0 aliphatic rings. The minimum atomic E-state index is 0.373. The topological polar surface area (TPSA) is 62.3 Å². The Bertz CT molecular complexity index is 780. The quantitative estimate of drug-likeness (QED) is 0.748. The molecule has 0 bridgehead atoms. The van der Waals surface area contributed by atoms with E-state index < -0.39 is 0 Å². The molecule has 0 aliphatic heterocycles. The summed E-state index contributed by atoms with van der Waals surface area (Å²) in [5.41, 5.74) is 8.44. The maximum Gasteiger partial charge on any atom is 0.147 e. The van der Waals surface area contributed by atoms with Gasteiger partial charge in [-0.05, 0) is 24.3 Å². The van der Waals surface area contributed by atoms with Gasteiger partial charge in [0.2, 0.25) is 0 Å². The second-order valence-electron chi connectivity index (χ2n) is 4.77. The Labute approximate surface area is 122 Å². The maximum atomic E-state index is 5.95. The molecule has 0 saturated heterocycles. The van der Waals surface area contributed by atoms with Crippen molar-refractivity contribution >= 4 is 16.7 Å². The SMILES string of the molecule is COc1cccc(OCc2nc3c(N)cccc3n2C)c1. The largest absolute Gasteiger partial charge is 0.497 e. The van der Waals surface area contributed by atoms with Gasteiger partial charge in [-0.1, -0.05) is 12.1 Å². The van der Waals surface area contributed by atoms with E-state index in [9.17, 15) is 0 Å². The molecule has 0 saturated carbocycles. The lowest BCUT2D eigenvalue weighted by atomic mass is 10.3. The van der Waals surface area contributed by atoms with Crippen molar-refractivity contribution < 1.29 is 9.47 Å². The van der Waals surface area contributed by atoms with E-state index in [4.69, 9.17) is 15.2 Å². The van der Waals surface area contributed by atoms with Crippen LogP contribution in [0.1, 0.15) is 5.82 Å². The van der Waals surface area contributed by atoms with Crippen LogP contribution >= 0.6 is 0 Å². The molecule has 5 heteroatoms. The fraction of sp³-hybridized carbons (Fsp3) is 0.188. The minimum Gasteiger partial charge on any atom is -0.497 e. The van der Waals surface area contributed by atoms with Crippen molar-refractivity contribution in [2.24, 2.45) is 7.05 Å². The molecule has 1 heterocycles. The number of hydrogen-bond donors (Lipinski definition) is 1. The third-order valence-corrected chi connectivity index (χ3v) is 3.44. The highest BCUT2D eigenvalue weighted by Crippen LogP contribution is 2.23. The highest BCUT2D eigenvalue weighted by molar-refractivity contribution is 5.87. The number of ether oxygens (including phenoxy) is 2. The smallest absolute Gasteiger partial charge is 0.147 e. The van der Waals surface area contributed by atoms with Crippen LogP contribution < -0.4 is 15.2 Å². The first-order valence-corrected chi connectivity index (χ1v) is 6.65. The van der Waals surface area contributed by atoms with Crippen molar-refractivity contribution in [3.8, 4) is 11.5 Å². The lowest BCUT2D eigenvalue weighted by Crippen LogP contribution is -2.03. The van der Waals surface area contributed by atoms with Gasteiger partial charge in [0.25, 0.3) is 0 Å². The summed E-state index contributed by atoms with van der Waals surface area (Å²) in [5, 5.41) is 0. The Morgan fingerprint density at radius 3 is 2.67 bits per heavy atom. The van der Waals surface area contributed by atoms with Crippen LogP contribution in [0.3, 0.4) is 0 Å². The predicted molar refractivity (Wildman–Crippen MR) is 82.5 cm³/mol. The van der Waals surface area contributed by atoms with Gasteiger partial charge >= 0.3 is 0 Å². The third kappa shape index (κ3) is 2.50. The van der Waals surface area contributed by atoms with Crippen molar-refractivity contribution in [1.29, 1.82) is 0 Å². The second kappa shape index (κ2) is 5.36. The van der Waals surface area contributed by atoms with Gasteiger partial charge in [0, 0.05) is 13.1 Å². The second-order valence-corrected chi connectivity index (χ2v) is 4.77. The van der Waals surface area contributed by atoms with Gasteiger partial charge in [0.05, 0.1) is 18.3 Å². The van der Waals surface area contributed by atoms with E-state index in [1.54, 1.807) is 7.11 Å². The molecule has 2 aromatic carbocycles. The Morgan fingerprint density at radius 1 is 1.14 bits per heavy atom. The number of methoxy groups -OCH3 is 1. The van der Waals surface area contributed by atoms with Crippen molar-refractivity contribution in [2.45, 2.75) is 6.61 Å². The van der Waals surface area contributed by atoms with E-state index in [2.05, 4.69) is 4.98 Å². The van der Waals surface area contributed by atoms with E-state index >= 15 is 0 Å². The molecule has 0 atom stereocenters. The van der Waals surface area contributed by atoms with Crippen molar-refractivity contribution in [3.63, 3.8) is 0 Å². The van der Waals surface area contributed by atoms with E-state index in [-0.39, 0.29) is 0 Å². The van der Waals surface area contributed by atoms with E-state index in [1.807, 2.05) is 54.1 Å². The summed E-state index contributed by atoms with van der Waals surface area (Å²) in [6.07, 6.45) is 0. The summed E-state index contributed by atoms with van der Waals surface area (Å²) in [6, 6.07) is 13.3. The number of para-hydroxylation sites is 1. The first kappa shape index (κ1) is 13.3. The monoisotopic (exact) mass is 283 g/mol. The molecule has 0 amide bonds. The van der Waals surface area contributed by atoms with Gasteiger partial charge in [0.15, 0.2) is 0 Å². The standard InChI is InChI=1S/C16H17N3O2/c1-19-14-8-4-7-13(17)16(14)18-15(19)10-21-12-6-3-5-11(9-12)20-2/h3-9H,10,17H2,1-2H3. The van der Waals surface area contributed by atoms with E-state index in [1.165, 1.54) is 0 Å². The molecule has 0 fully saturated rings. The summed E-state index contributed by atoms with van der Waals surface area (Å²) in [4.78, 5) is 4.55. The number of nitrogens with two attached hydrogens (primary N) is 1. The molecule has 108 valence electrons. The minimum absolute atomic E-state index is 0.373. The van der Waals surface area contributed by atoms with Gasteiger partial charge in [-0.25, -0.2) is 4.98 Å². The molecule has 2 N–H and O–H groups in total. The number of nitrogens with zero attached hydrogens (tertiary/aromatic N) is 2. The molecular weight excluding hydrogens is 266 g/mol. The maximum absolute atomic E-state index is 5.95. The molecule has 0 aliphatic carbocycles. The number of anilines is 1. The zero-order valence-corrected chi connectivity index (χ0v) is 12.0. The van der Waals surface area contributed by atoms with Crippen LogP contribution in [0.25, 0.3) is 11.0 Å². The summed E-state index contributed by atoms with van der Waals surface area (Å²) < 4.78 is 12.9. The molecular formula is C16H17N3O2. The first-order chi connectivity index (χ1) is 10.2. The van der Waals surface area contributed by atoms with Crippen molar-refractivity contribution in [2.75, 3.05) is 12.8 Å². The highest BCUT2D eigenvalue weighted by Gasteiger charge is 2.10. The van der Waals surface area contributed by atoms with Crippen LogP contribution in [0, 0.1) is 0 Å². The van der Waals surface area contributed by atoms with Gasteiger partial charge < -0.3 is 19.8 Å². The number of hydrogen-bond acceptors (Lipinski definition) is 4. The van der Waals surface area contributed by atoms with Crippen molar-refractivity contribution in [1.82, 2.24) is 9.55 Å². The van der Waals surface area contributed by atoms with Crippen LogP contribution in [0.4, 0.5) is 5.69 Å². The van der Waals surface area contributed by atoms with E-state index in [0.29, 0.717) is 12.3 Å². The number of aromatic nitrogens is 2. The van der Waals surface area contributed by atoms with Gasteiger partial charge in [-0.3, -0.25) is 0 Å². The van der Waals surface area contributed by atoms with E-state index in [0.717, 1.165) is 28.4 Å². The van der Waals surface area contributed by atoms with Gasteiger partial charge in [-0.2, -0.15) is 0 Å². The Hall–Kier alpha value is -2.69. The number of imidazole rings is 1. The summed E-state index contributed by atoms with van der Waals surface area (Å²) in [6.45, 7) is 0.373. The zero-order chi connectivity index (χ0) is 14.8. The molecule has 3 rings (SSSR count). The molecule has 5 nitrogen and oxygen atoms in total. The van der Waals surface area contributed by atoms with Crippen molar-refractivity contribution in [3.05, 3.63) is 48.3 Å². The summed E-state index contributed by atoms with van der Waals surface area (Å²) in [7, 11) is 3.59. The highest BCUT2D eigenvalue weighted by atomic mass is 16.5. The molecule has 0 radical (unpaired) electrons. The van der Waals surface area contributed by atoms with Gasteiger partial charge in [-0.15, -0.1) is 0 Å². The lowest BCUT2D eigenvalue weighted by molar-refractivity contribution is 0.290. The average Bonchev–Trinajstić information content (AvgIpc) is 2.84. The number of nitrogen functional groups attached to an aromatic ring is 1. The Kier molecular flexibility index (Phi) is 3.39. The molecule has 21 heavy (non-hydrogen) atoms. The van der Waals surface area contributed by atoms with Crippen LogP contribution in [-0.2, 0) is 13.7 Å². The number of fused-ring (bicyclic) bond motifs is 1. The number of aryl methyl sites for hydroxylation is 1. The number of benzene rings is 2. The molecule has 1 aromatic heterocycles. The molecule has 0 unspecified atom stereocenters. The third-order valence-electron chi connectivity index (χ3n) is 3.44. The number of rotatable bonds is 4. The fourth-order valence-electron chi connectivity index (χ4n) is 2.25. The Morgan fingerprint density at radius 2 is 1.90 bits per heavy atom. The first-order valence-electron chi connectivity index (χ1n) is 6.65. The van der Waals surface area contributed by atoms with Crippen LogP contribution in [0.2, 0.25) is 0 Å². The van der Waals surface area contributed by atoms with Crippen LogP contribution in [-0.4, -0.2) is 16.7 Å². The molecule has 3 aromatic rings.